The first-order valence-electron chi connectivity index (χ1n) is 33.8. The van der Waals surface area contributed by atoms with Gasteiger partial charge in [0, 0.05) is 6.42 Å². The zero-order valence-corrected chi connectivity index (χ0v) is 53.7. The Kier molecular flexibility index (Phi) is 59.0. The lowest BCUT2D eigenvalue weighted by Crippen LogP contribution is -2.45. The van der Waals surface area contributed by atoms with Crippen molar-refractivity contribution >= 4 is 13.7 Å². The fourth-order valence-electron chi connectivity index (χ4n) is 9.84. The largest absolute Gasteiger partial charge is 0.756 e. The van der Waals surface area contributed by atoms with Crippen molar-refractivity contribution in [1.29, 1.82) is 0 Å². The second-order valence-corrected chi connectivity index (χ2v) is 25.6. The maximum atomic E-state index is 13.0. The maximum Gasteiger partial charge on any atom is 0.268 e. The van der Waals surface area contributed by atoms with Crippen LogP contribution in [0.15, 0.2) is 72.9 Å². The first-order chi connectivity index (χ1) is 38.5. The number of carbonyl (C=O) groups excluding carboxylic acids is 1. The van der Waals surface area contributed by atoms with E-state index in [4.69, 9.17) is 9.05 Å². The number of phosphoric ester groups is 1. The number of rotatable bonds is 62. The topological polar surface area (TPSA) is 108 Å². The van der Waals surface area contributed by atoms with Gasteiger partial charge in [0.1, 0.15) is 13.2 Å². The summed E-state index contributed by atoms with van der Waals surface area (Å²) in [5.41, 5.74) is 0. The average molecular weight is 1130 g/mol. The predicted octanol–water partition coefficient (Wildman–Crippen LogP) is 20.8. The molecule has 0 aliphatic carbocycles. The van der Waals surface area contributed by atoms with Crippen molar-refractivity contribution in [2.75, 3.05) is 40.9 Å². The molecule has 8 nitrogen and oxygen atoms in total. The number of quaternary nitrogens is 1. The number of hydrogen-bond donors (Lipinski definition) is 2. The highest BCUT2D eigenvalue weighted by molar-refractivity contribution is 7.45. The third-order valence-corrected chi connectivity index (χ3v) is 16.1. The van der Waals surface area contributed by atoms with E-state index < -0.39 is 26.6 Å². The molecule has 0 aromatic heterocycles. The van der Waals surface area contributed by atoms with Crippen LogP contribution in [0.25, 0.3) is 0 Å². The number of phosphoric acid groups is 1. The zero-order chi connectivity index (χ0) is 57.7. The summed E-state index contributed by atoms with van der Waals surface area (Å²) < 4.78 is 23.4. The highest BCUT2D eigenvalue weighted by Crippen LogP contribution is 2.38. The fraction of sp³-hybridized carbons (Fsp3) is 0.814. The van der Waals surface area contributed by atoms with Crippen LogP contribution in [0.5, 0.6) is 0 Å². The van der Waals surface area contributed by atoms with E-state index in [1.165, 1.54) is 238 Å². The minimum absolute atomic E-state index is 0.00971. The smallest absolute Gasteiger partial charge is 0.268 e. The van der Waals surface area contributed by atoms with E-state index >= 15 is 0 Å². The first kappa shape index (κ1) is 76.9. The molecule has 79 heavy (non-hydrogen) atoms. The van der Waals surface area contributed by atoms with Crippen LogP contribution in [0.2, 0.25) is 0 Å². The normalized spacial score (nSPS) is 14.2. The van der Waals surface area contributed by atoms with Gasteiger partial charge in [-0.05, 0) is 83.5 Å². The van der Waals surface area contributed by atoms with Crippen molar-refractivity contribution in [1.82, 2.24) is 5.32 Å². The number of carbonyl (C=O) groups is 1. The molecule has 9 heteroatoms. The minimum Gasteiger partial charge on any atom is -0.756 e. The van der Waals surface area contributed by atoms with Crippen molar-refractivity contribution in [3.8, 4) is 0 Å². The van der Waals surface area contributed by atoms with E-state index in [-0.39, 0.29) is 12.5 Å². The summed E-state index contributed by atoms with van der Waals surface area (Å²) >= 11 is 0. The van der Waals surface area contributed by atoms with Gasteiger partial charge in [-0.3, -0.25) is 9.36 Å². The molecule has 0 aromatic carbocycles. The molecule has 0 radical (unpaired) electrons. The molecule has 3 unspecified atom stereocenters. The molecule has 462 valence electrons. The second-order valence-electron chi connectivity index (χ2n) is 24.2. The molecule has 0 bridgehead atoms. The Morgan fingerprint density at radius 3 is 1.11 bits per heavy atom. The number of allylic oxidation sites excluding steroid dienone is 11. The van der Waals surface area contributed by atoms with E-state index in [2.05, 4.69) is 79.9 Å². The number of nitrogens with zero attached hydrogens (tertiary/aromatic N) is 1. The van der Waals surface area contributed by atoms with Crippen molar-refractivity contribution in [2.45, 2.75) is 328 Å². The van der Waals surface area contributed by atoms with Crippen LogP contribution in [0, 0.1) is 0 Å². The molecule has 1 amide bonds. The highest BCUT2D eigenvalue weighted by Gasteiger charge is 2.23. The predicted molar refractivity (Wildman–Crippen MR) is 344 cm³/mol. The van der Waals surface area contributed by atoms with Crippen LogP contribution in [0.1, 0.15) is 316 Å². The number of likely N-dealkylation sites (N-methyl/N-ethyl adjacent to an activating group) is 1. The number of nitrogens with one attached hydrogen (secondary N) is 1. The summed E-state index contributed by atoms with van der Waals surface area (Å²) in [6.45, 7) is 4.64. The van der Waals surface area contributed by atoms with Gasteiger partial charge in [-0.1, -0.05) is 299 Å². The lowest BCUT2D eigenvalue weighted by Gasteiger charge is -2.29. The Balaban J connectivity index is 4.08. The van der Waals surface area contributed by atoms with Gasteiger partial charge in [0.15, 0.2) is 0 Å². The van der Waals surface area contributed by atoms with E-state index in [0.717, 1.165) is 57.8 Å². The van der Waals surface area contributed by atoms with Crippen LogP contribution >= 0.6 is 7.82 Å². The maximum absolute atomic E-state index is 13.0. The van der Waals surface area contributed by atoms with Crippen LogP contribution in [-0.2, 0) is 18.4 Å². The van der Waals surface area contributed by atoms with Crippen molar-refractivity contribution in [3.63, 3.8) is 0 Å². The molecule has 2 N–H and O–H groups in total. The van der Waals surface area contributed by atoms with Gasteiger partial charge in [-0.15, -0.1) is 0 Å². The van der Waals surface area contributed by atoms with Crippen LogP contribution in [0.3, 0.4) is 0 Å². The Hall–Kier alpha value is -2.06. The molecule has 0 aliphatic heterocycles. The number of hydrogen-bond acceptors (Lipinski definition) is 6. The molecule has 0 rings (SSSR count). The molecule has 0 fully saturated rings. The summed E-state index contributed by atoms with van der Waals surface area (Å²) in [7, 11) is 1.24. The number of aliphatic hydroxyl groups is 1. The third kappa shape index (κ3) is 63.4. The lowest BCUT2D eigenvalue weighted by atomic mass is 10.0. The number of unbranched alkanes of at least 4 members (excludes halogenated alkanes) is 39. The standard InChI is InChI=1S/C70H131N2O6P/c1-6-8-10-12-14-16-18-20-22-24-26-28-30-31-32-33-34-35-36-37-38-39-40-41-42-44-46-48-50-52-54-56-58-60-62-64-70(74)71-68(67-78-79(75,76)77-66-65-72(3,4)5)69(73)63-61-59-57-55-53-51-49-47-45-43-29-27-25-23-21-19-17-15-13-11-9-7-2/h18,20,24,26,30-31,45,47,53,55,61,63,68-69,73H,6-17,19,21-23,25,27-29,32-44,46,48-52,54,56-60,62,64-67H2,1-5H3,(H-,71,74,75,76)/b20-18-,26-24-,31-30-,47-45+,55-53+,63-61+. The van der Waals surface area contributed by atoms with Gasteiger partial charge < -0.3 is 28.8 Å². The molecule has 3 atom stereocenters. The first-order valence-corrected chi connectivity index (χ1v) is 35.3. The molecule has 0 saturated heterocycles. The fourth-order valence-corrected chi connectivity index (χ4v) is 10.6. The number of amides is 1. The summed E-state index contributed by atoms with van der Waals surface area (Å²) in [4.78, 5) is 25.6. The molecular weight excluding hydrogens is 996 g/mol. The summed E-state index contributed by atoms with van der Waals surface area (Å²) in [5.74, 6) is -0.208. The monoisotopic (exact) mass is 1130 g/mol. The van der Waals surface area contributed by atoms with E-state index in [9.17, 15) is 19.4 Å². The van der Waals surface area contributed by atoms with Crippen LogP contribution in [-0.4, -0.2) is 68.5 Å². The lowest BCUT2D eigenvalue weighted by molar-refractivity contribution is -0.870. The zero-order valence-electron chi connectivity index (χ0n) is 52.8. The Morgan fingerprint density at radius 2 is 0.747 bits per heavy atom. The van der Waals surface area contributed by atoms with Gasteiger partial charge in [-0.2, -0.15) is 0 Å². The summed E-state index contributed by atoms with van der Waals surface area (Å²) in [6, 6.07) is -0.913. The van der Waals surface area contributed by atoms with Crippen LogP contribution < -0.4 is 10.2 Å². The van der Waals surface area contributed by atoms with Crippen molar-refractivity contribution < 1.29 is 32.9 Å². The molecule has 0 aliphatic rings. The second kappa shape index (κ2) is 60.5. The molecule has 0 spiro atoms. The van der Waals surface area contributed by atoms with Crippen LogP contribution in [0.4, 0.5) is 0 Å². The summed E-state index contributed by atoms with van der Waals surface area (Å²) in [5, 5.41) is 13.9. The van der Waals surface area contributed by atoms with Gasteiger partial charge in [-0.25, -0.2) is 0 Å². The minimum atomic E-state index is -4.62. The molecule has 0 aromatic rings. The van der Waals surface area contributed by atoms with Crippen molar-refractivity contribution in [2.24, 2.45) is 0 Å². The SMILES string of the molecule is CCCCCCC/C=C\C/C=C\C/C=C\CCCCCCCCCCCCCCCCCCCCCCC(=O)NC(COP(=O)([O-])OCC[N+](C)(C)C)C(O)/C=C/CC/C=C/CC/C=C/CCCCCCCCCCCCCC. The highest BCUT2D eigenvalue weighted by atomic mass is 31.2. The Morgan fingerprint density at radius 1 is 0.443 bits per heavy atom. The third-order valence-electron chi connectivity index (χ3n) is 15.1. The Bertz CT molecular complexity index is 1520. The van der Waals surface area contributed by atoms with Gasteiger partial charge in [0.2, 0.25) is 5.91 Å². The number of aliphatic hydroxyl groups excluding tert-OH is 1. The van der Waals surface area contributed by atoms with E-state index in [1.807, 2.05) is 27.2 Å². The molecule has 0 saturated carbocycles. The van der Waals surface area contributed by atoms with Gasteiger partial charge >= 0.3 is 0 Å². The van der Waals surface area contributed by atoms with E-state index in [0.29, 0.717) is 17.4 Å². The van der Waals surface area contributed by atoms with E-state index in [1.54, 1.807) is 6.08 Å². The average Bonchev–Trinajstić information content (AvgIpc) is 3.42. The van der Waals surface area contributed by atoms with Crippen molar-refractivity contribution in [3.05, 3.63) is 72.9 Å². The Labute approximate surface area is 491 Å². The molecular formula is C70H131N2O6P. The summed E-state index contributed by atoms with van der Waals surface area (Å²) in [6.07, 6.45) is 84.5. The molecule has 0 heterocycles. The quantitative estimate of drug-likeness (QED) is 0.0272. The van der Waals surface area contributed by atoms with Gasteiger partial charge in [0.25, 0.3) is 7.82 Å². The van der Waals surface area contributed by atoms with Gasteiger partial charge in [0.05, 0.1) is 39.9 Å².